The third-order valence-corrected chi connectivity index (χ3v) is 1.64. The lowest BCUT2D eigenvalue weighted by atomic mass is 10.1. The summed E-state index contributed by atoms with van der Waals surface area (Å²) in [6.45, 7) is 1.49. The van der Waals surface area contributed by atoms with Gasteiger partial charge in [0.2, 0.25) is 0 Å². The van der Waals surface area contributed by atoms with Crippen LogP contribution in [0.3, 0.4) is 0 Å². The number of rotatable bonds is 3. The summed E-state index contributed by atoms with van der Waals surface area (Å²) < 4.78 is 4.78. The summed E-state index contributed by atoms with van der Waals surface area (Å²) in [4.78, 5) is 9.56. The molecule has 0 aliphatic rings. The molecule has 2 unspecified atom stereocenters. The Labute approximate surface area is 74.1 Å². The van der Waals surface area contributed by atoms with Crippen molar-refractivity contribution < 1.29 is 14.4 Å². The molecule has 2 atom stereocenters. The monoisotopic (exact) mass is 186 g/mol. The highest BCUT2D eigenvalue weighted by molar-refractivity contribution is 5.20. The fourth-order valence-corrected chi connectivity index (χ4v) is 0.857. The van der Waals surface area contributed by atoms with E-state index in [1.54, 1.807) is 0 Å². The Bertz CT molecular complexity index is 307. The van der Waals surface area contributed by atoms with Gasteiger partial charge in [-0.25, -0.2) is 0 Å². The molecule has 1 heterocycles. The van der Waals surface area contributed by atoms with Crippen LogP contribution in [0, 0.1) is 10.1 Å². The average Bonchev–Trinajstić information content (AvgIpc) is 2.50. The lowest BCUT2D eigenvalue weighted by molar-refractivity contribution is -0.402. The second kappa shape index (κ2) is 3.55. The Hall–Kier alpha value is -1.40. The van der Waals surface area contributed by atoms with Gasteiger partial charge in [0, 0.05) is 0 Å². The first kappa shape index (κ1) is 9.69. The molecule has 0 amide bonds. The minimum absolute atomic E-state index is 0.210. The number of nitro groups is 1. The predicted octanol–water partition coefficient (Wildman–Crippen LogP) is 0.568. The van der Waals surface area contributed by atoms with E-state index < -0.39 is 17.1 Å². The van der Waals surface area contributed by atoms with E-state index in [0.717, 1.165) is 0 Å². The van der Waals surface area contributed by atoms with E-state index in [4.69, 9.17) is 15.3 Å². The van der Waals surface area contributed by atoms with E-state index in [-0.39, 0.29) is 11.6 Å². The van der Waals surface area contributed by atoms with Crippen LogP contribution in [-0.2, 0) is 0 Å². The quantitative estimate of drug-likeness (QED) is 0.530. The van der Waals surface area contributed by atoms with Gasteiger partial charge < -0.3 is 15.3 Å². The van der Waals surface area contributed by atoms with E-state index in [1.807, 2.05) is 0 Å². The topological polar surface area (TPSA) is 103 Å². The van der Waals surface area contributed by atoms with Crippen LogP contribution in [0.25, 0.3) is 0 Å². The maximum atomic E-state index is 10.2. The number of nitrogens with zero attached hydrogens (tertiary/aromatic N) is 1. The van der Waals surface area contributed by atoms with Gasteiger partial charge in [-0.3, -0.25) is 10.1 Å². The average molecular weight is 186 g/mol. The number of aliphatic hydroxyl groups is 1. The zero-order chi connectivity index (χ0) is 10.0. The Morgan fingerprint density at radius 1 is 1.69 bits per heavy atom. The summed E-state index contributed by atoms with van der Waals surface area (Å²) in [5.41, 5.74) is 5.48. The van der Waals surface area contributed by atoms with Crippen molar-refractivity contribution in [2.75, 3.05) is 0 Å². The van der Waals surface area contributed by atoms with Gasteiger partial charge in [-0.05, 0) is 13.0 Å². The van der Waals surface area contributed by atoms with Gasteiger partial charge >= 0.3 is 5.88 Å². The highest BCUT2D eigenvalue weighted by Crippen LogP contribution is 2.21. The van der Waals surface area contributed by atoms with Crippen molar-refractivity contribution in [2.45, 2.75) is 19.1 Å². The Balaban J connectivity index is 2.85. The highest BCUT2D eigenvalue weighted by Gasteiger charge is 2.19. The Morgan fingerprint density at radius 2 is 2.31 bits per heavy atom. The molecule has 0 fully saturated rings. The second-order valence-electron chi connectivity index (χ2n) is 2.70. The predicted molar refractivity (Wildman–Crippen MR) is 44.0 cm³/mol. The largest absolute Gasteiger partial charge is 0.433 e. The number of hydrogen-bond donors (Lipinski definition) is 2. The van der Waals surface area contributed by atoms with E-state index in [2.05, 4.69) is 0 Å². The number of aliphatic hydroxyl groups excluding tert-OH is 1. The Morgan fingerprint density at radius 3 is 2.69 bits per heavy atom. The summed E-state index contributed by atoms with van der Waals surface area (Å²) in [7, 11) is 0. The SMILES string of the molecule is CC(O)C(N)c1ccc([N+](=O)[O-])o1. The molecule has 0 bridgehead atoms. The molecule has 0 aromatic carbocycles. The van der Waals surface area contributed by atoms with Crippen LogP contribution in [0.1, 0.15) is 18.7 Å². The standard InChI is InChI=1S/C7H10N2O4/c1-4(10)7(8)5-2-3-6(13-5)9(11)12/h2-4,7,10H,8H2,1H3. The van der Waals surface area contributed by atoms with Gasteiger partial charge in [0.25, 0.3) is 0 Å². The number of hydrogen-bond acceptors (Lipinski definition) is 5. The maximum absolute atomic E-state index is 10.2. The molecule has 3 N–H and O–H groups in total. The van der Waals surface area contributed by atoms with E-state index in [0.29, 0.717) is 0 Å². The summed E-state index contributed by atoms with van der Waals surface area (Å²) >= 11 is 0. The van der Waals surface area contributed by atoms with Gasteiger partial charge in [-0.2, -0.15) is 0 Å². The molecule has 0 saturated carbocycles. The van der Waals surface area contributed by atoms with Gasteiger partial charge in [-0.15, -0.1) is 0 Å². The molecule has 0 aliphatic heterocycles. The third-order valence-electron chi connectivity index (χ3n) is 1.64. The second-order valence-corrected chi connectivity index (χ2v) is 2.70. The van der Waals surface area contributed by atoms with E-state index in [9.17, 15) is 10.1 Å². The molecule has 0 radical (unpaired) electrons. The van der Waals surface area contributed by atoms with Crippen molar-refractivity contribution in [3.63, 3.8) is 0 Å². The minimum atomic E-state index is -0.800. The lowest BCUT2D eigenvalue weighted by Crippen LogP contribution is -2.22. The fourth-order valence-electron chi connectivity index (χ4n) is 0.857. The molecule has 0 spiro atoms. The normalized spacial score (nSPS) is 15.3. The van der Waals surface area contributed by atoms with Crippen LogP contribution in [0.5, 0.6) is 0 Å². The van der Waals surface area contributed by atoms with Gasteiger partial charge in [0.1, 0.15) is 10.7 Å². The zero-order valence-electron chi connectivity index (χ0n) is 7.01. The van der Waals surface area contributed by atoms with Crippen LogP contribution in [-0.4, -0.2) is 16.1 Å². The molecule has 0 aliphatic carbocycles. The molecule has 6 nitrogen and oxygen atoms in total. The van der Waals surface area contributed by atoms with E-state index >= 15 is 0 Å². The molecule has 13 heavy (non-hydrogen) atoms. The highest BCUT2D eigenvalue weighted by atomic mass is 16.6. The third kappa shape index (κ3) is 2.04. The molecular formula is C7H10N2O4. The minimum Gasteiger partial charge on any atom is -0.404 e. The van der Waals surface area contributed by atoms with Crippen LogP contribution in [0.2, 0.25) is 0 Å². The van der Waals surface area contributed by atoms with Crippen molar-refractivity contribution in [3.8, 4) is 0 Å². The summed E-state index contributed by atoms with van der Waals surface area (Å²) in [5.74, 6) is -0.159. The van der Waals surface area contributed by atoms with Crippen molar-refractivity contribution in [3.05, 3.63) is 28.0 Å². The van der Waals surface area contributed by atoms with Crippen molar-refractivity contribution in [1.82, 2.24) is 0 Å². The van der Waals surface area contributed by atoms with Crippen molar-refractivity contribution in [2.24, 2.45) is 5.73 Å². The Kier molecular flexibility index (Phi) is 2.64. The summed E-state index contributed by atoms with van der Waals surface area (Å²) in [6, 6.07) is 1.86. The zero-order valence-corrected chi connectivity index (χ0v) is 7.01. The van der Waals surface area contributed by atoms with Crippen LogP contribution in [0.15, 0.2) is 16.5 Å². The van der Waals surface area contributed by atoms with Crippen molar-refractivity contribution in [1.29, 1.82) is 0 Å². The number of furan rings is 1. The molecule has 1 aromatic heterocycles. The van der Waals surface area contributed by atoms with E-state index in [1.165, 1.54) is 19.1 Å². The molecular weight excluding hydrogens is 176 g/mol. The molecule has 1 aromatic rings. The fraction of sp³-hybridized carbons (Fsp3) is 0.429. The van der Waals surface area contributed by atoms with Crippen LogP contribution < -0.4 is 5.73 Å². The first-order valence-corrected chi connectivity index (χ1v) is 3.70. The van der Waals surface area contributed by atoms with Gasteiger partial charge in [0.15, 0.2) is 0 Å². The van der Waals surface area contributed by atoms with Gasteiger partial charge in [0.05, 0.1) is 18.2 Å². The summed E-state index contributed by atoms with van der Waals surface area (Å²) in [6.07, 6.45) is -0.800. The first-order valence-electron chi connectivity index (χ1n) is 3.70. The molecule has 1 rings (SSSR count). The lowest BCUT2D eigenvalue weighted by Gasteiger charge is -2.10. The van der Waals surface area contributed by atoms with Crippen molar-refractivity contribution >= 4 is 5.88 Å². The van der Waals surface area contributed by atoms with Crippen LogP contribution in [0.4, 0.5) is 5.88 Å². The van der Waals surface area contributed by atoms with Gasteiger partial charge in [-0.1, -0.05) is 0 Å². The molecule has 0 saturated heterocycles. The number of nitrogens with two attached hydrogens (primary N) is 1. The smallest absolute Gasteiger partial charge is 0.404 e. The maximum Gasteiger partial charge on any atom is 0.433 e. The molecule has 72 valence electrons. The first-order chi connectivity index (χ1) is 6.02. The molecule has 6 heteroatoms. The summed E-state index contributed by atoms with van der Waals surface area (Å²) in [5, 5.41) is 19.3. The van der Waals surface area contributed by atoms with Crippen LogP contribution >= 0.6 is 0 Å².